The van der Waals surface area contributed by atoms with Crippen molar-refractivity contribution in [2.45, 2.75) is 76.2 Å². The number of aromatic amines is 1. The van der Waals surface area contributed by atoms with Gasteiger partial charge in [-0.05, 0) is 80.7 Å². The molecule has 0 spiro atoms. The lowest BCUT2D eigenvalue weighted by molar-refractivity contribution is 0.140. The third-order valence-corrected chi connectivity index (χ3v) is 7.29. The molecule has 172 valence electrons. The quantitative estimate of drug-likeness (QED) is 0.422. The molecule has 4 rings (SSSR count). The molecule has 0 amide bonds. The van der Waals surface area contributed by atoms with Crippen molar-refractivity contribution in [1.29, 1.82) is 0 Å². The molecule has 1 fully saturated rings. The standard InChI is InChI=1S/C27H35FN2O2/c1-18(31)17-27(2,22-16-20(28)12-13-25(22)32-3)15-14-19-8-4-5-9-21(19)26-29-23-10-6-7-11-24(23)30-26/h6-7,10-13,16,18-19,21,31H,4-5,8-9,14-15,17H2,1-3H3,(H,29,30). The number of methoxy groups -OCH3 is 1. The topological polar surface area (TPSA) is 58.1 Å². The third kappa shape index (κ3) is 4.83. The Hall–Kier alpha value is -2.40. The van der Waals surface area contributed by atoms with Gasteiger partial charge in [-0.25, -0.2) is 9.37 Å². The van der Waals surface area contributed by atoms with Gasteiger partial charge in [0.25, 0.3) is 0 Å². The molecule has 4 atom stereocenters. The van der Waals surface area contributed by atoms with Gasteiger partial charge < -0.3 is 14.8 Å². The van der Waals surface area contributed by atoms with E-state index in [-0.39, 0.29) is 11.2 Å². The molecule has 2 aromatic carbocycles. The maximum atomic E-state index is 14.2. The van der Waals surface area contributed by atoms with E-state index < -0.39 is 6.10 Å². The van der Waals surface area contributed by atoms with Crippen LogP contribution < -0.4 is 4.74 Å². The van der Waals surface area contributed by atoms with Gasteiger partial charge in [0.15, 0.2) is 0 Å². The number of imidazole rings is 1. The van der Waals surface area contributed by atoms with E-state index in [9.17, 15) is 9.50 Å². The first-order valence-electron chi connectivity index (χ1n) is 11.9. The second-order valence-electron chi connectivity index (χ2n) is 9.79. The first-order chi connectivity index (χ1) is 15.4. The van der Waals surface area contributed by atoms with E-state index in [4.69, 9.17) is 9.72 Å². The van der Waals surface area contributed by atoms with Crippen molar-refractivity contribution in [3.63, 3.8) is 0 Å². The molecule has 1 aromatic heterocycles. The Labute approximate surface area is 190 Å². The van der Waals surface area contributed by atoms with Crippen LogP contribution in [0, 0.1) is 11.7 Å². The lowest BCUT2D eigenvalue weighted by Gasteiger charge is -2.37. The van der Waals surface area contributed by atoms with Crippen LogP contribution in [-0.2, 0) is 5.41 Å². The van der Waals surface area contributed by atoms with Crippen LogP contribution in [0.2, 0.25) is 0 Å². The Kier molecular flexibility index (Phi) is 6.85. The summed E-state index contributed by atoms with van der Waals surface area (Å²) in [6.07, 6.45) is 6.72. The van der Waals surface area contributed by atoms with Crippen LogP contribution in [-0.4, -0.2) is 28.3 Å². The molecule has 0 radical (unpaired) electrons. The van der Waals surface area contributed by atoms with Gasteiger partial charge in [0.2, 0.25) is 0 Å². The molecule has 4 nitrogen and oxygen atoms in total. The average Bonchev–Trinajstić information content (AvgIpc) is 3.21. The predicted octanol–water partition coefficient (Wildman–Crippen LogP) is 6.49. The Balaban J connectivity index is 1.59. The van der Waals surface area contributed by atoms with Crippen LogP contribution in [0.3, 0.4) is 0 Å². The first-order valence-corrected chi connectivity index (χ1v) is 11.9. The van der Waals surface area contributed by atoms with Crippen molar-refractivity contribution in [1.82, 2.24) is 9.97 Å². The van der Waals surface area contributed by atoms with E-state index in [2.05, 4.69) is 24.0 Å². The summed E-state index contributed by atoms with van der Waals surface area (Å²) >= 11 is 0. The second-order valence-corrected chi connectivity index (χ2v) is 9.79. The highest BCUT2D eigenvalue weighted by Crippen LogP contribution is 2.45. The molecule has 32 heavy (non-hydrogen) atoms. The number of nitrogens with one attached hydrogen (secondary N) is 1. The molecule has 2 N–H and O–H groups in total. The van der Waals surface area contributed by atoms with Crippen LogP contribution in [0.15, 0.2) is 42.5 Å². The van der Waals surface area contributed by atoms with Gasteiger partial charge in [0, 0.05) is 11.5 Å². The van der Waals surface area contributed by atoms with Gasteiger partial charge in [0.1, 0.15) is 17.4 Å². The molecule has 1 saturated carbocycles. The van der Waals surface area contributed by atoms with Gasteiger partial charge in [-0.1, -0.05) is 31.9 Å². The molecule has 1 aliphatic rings. The number of para-hydroxylation sites is 2. The summed E-state index contributed by atoms with van der Waals surface area (Å²) in [5.74, 6) is 2.43. The van der Waals surface area contributed by atoms with Crippen molar-refractivity contribution >= 4 is 11.0 Å². The predicted molar refractivity (Wildman–Crippen MR) is 127 cm³/mol. The summed E-state index contributed by atoms with van der Waals surface area (Å²) in [6, 6.07) is 12.9. The third-order valence-electron chi connectivity index (χ3n) is 7.29. The number of aliphatic hydroxyl groups is 1. The molecular formula is C27H35FN2O2. The maximum absolute atomic E-state index is 14.2. The molecular weight excluding hydrogens is 403 g/mol. The van der Waals surface area contributed by atoms with E-state index in [1.54, 1.807) is 19.2 Å². The summed E-state index contributed by atoms with van der Waals surface area (Å²) in [4.78, 5) is 8.47. The Bertz CT molecular complexity index is 1010. The lowest BCUT2D eigenvalue weighted by Crippen LogP contribution is -2.30. The molecule has 3 aromatic rings. The number of ether oxygens (including phenoxy) is 1. The van der Waals surface area contributed by atoms with E-state index in [0.29, 0.717) is 24.0 Å². The molecule has 4 unspecified atom stereocenters. The highest BCUT2D eigenvalue weighted by molar-refractivity contribution is 5.74. The normalized spacial score (nSPS) is 21.9. The Morgan fingerprint density at radius 1 is 1.22 bits per heavy atom. The van der Waals surface area contributed by atoms with Crippen LogP contribution in [0.5, 0.6) is 5.75 Å². The number of aliphatic hydroxyl groups excluding tert-OH is 1. The largest absolute Gasteiger partial charge is 0.496 e. The summed E-state index contributed by atoms with van der Waals surface area (Å²) in [6.45, 7) is 3.94. The van der Waals surface area contributed by atoms with E-state index in [0.717, 1.165) is 41.7 Å². The number of fused-ring (bicyclic) bond motifs is 1. The summed E-state index contributed by atoms with van der Waals surface area (Å²) < 4.78 is 19.8. The minimum absolute atomic E-state index is 0.268. The minimum atomic E-state index is -0.481. The van der Waals surface area contributed by atoms with Crippen molar-refractivity contribution in [2.75, 3.05) is 7.11 Å². The van der Waals surface area contributed by atoms with Crippen LogP contribution >= 0.6 is 0 Å². The fourth-order valence-corrected chi connectivity index (χ4v) is 5.72. The lowest BCUT2D eigenvalue weighted by atomic mass is 9.69. The highest BCUT2D eigenvalue weighted by Gasteiger charge is 2.35. The number of hydrogen-bond donors (Lipinski definition) is 2. The van der Waals surface area contributed by atoms with E-state index in [1.165, 1.54) is 25.3 Å². The van der Waals surface area contributed by atoms with Crippen molar-refractivity contribution < 1.29 is 14.2 Å². The fourth-order valence-electron chi connectivity index (χ4n) is 5.72. The van der Waals surface area contributed by atoms with Gasteiger partial charge in [0.05, 0.1) is 24.2 Å². The molecule has 5 heteroatoms. The number of nitrogens with zero attached hydrogens (tertiary/aromatic N) is 1. The highest BCUT2D eigenvalue weighted by atomic mass is 19.1. The number of halogens is 1. The second kappa shape index (κ2) is 9.62. The van der Waals surface area contributed by atoms with Gasteiger partial charge in [-0.3, -0.25) is 0 Å². The number of benzene rings is 2. The number of rotatable bonds is 8. The Morgan fingerprint density at radius 2 is 2.00 bits per heavy atom. The minimum Gasteiger partial charge on any atom is -0.496 e. The number of H-pyrrole nitrogens is 1. The first kappa shape index (κ1) is 22.8. The molecule has 0 aliphatic heterocycles. The van der Waals surface area contributed by atoms with Gasteiger partial charge in [-0.15, -0.1) is 0 Å². The van der Waals surface area contributed by atoms with Crippen LogP contribution in [0.1, 0.15) is 76.1 Å². The molecule has 0 bridgehead atoms. The zero-order valence-corrected chi connectivity index (χ0v) is 19.4. The monoisotopic (exact) mass is 438 g/mol. The van der Waals surface area contributed by atoms with Crippen molar-refractivity contribution in [3.05, 3.63) is 59.7 Å². The van der Waals surface area contributed by atoms with E-state index in [1.807, 2.05) is 19.1 Å². The summed E-state index contributed by atoms with van der Waals surface area (Å²) in [5.41, 5.74) is 2.58. The van der Waals surface area contributed by atoms with Crippen molar-refractivity contribution in [3.8, 4) is 5.75 Å². The maximum Gasteiger partial charge on any atom is 0.123 e. The van der Waals surface area contributed by atoms with Crippen LogP contribution in [0.4, 0.5) is 4.39 Å². The van der Waals surface area contributed by atoms with Crippen molar-refractivity contribution in [2.24, 2.45) is 5.92 Å². The fraction of sp³-hybridized carbons (Fsp3) is 0.519. The zero-order valence-electron chi connectivity index (χ0n) is 19.4. The van der Waals surface area contributed by atoms with Gasteiger partial charge >= 0.3 is 0 Å². The number of aromatic nitrogens is 2. The summed E-state index contributed by atoms with van der Waals surface area (Å²) in [7, 11) is 1.62. The SMILES string of the molecule is COc1ccc(F)cc1C(C)(CCC1CCCCC1c1nc2ccccc2[nH]1)CC(C)O. The zero-order chi connectivity index (χ0) is 22.7. The number of hydrogen-bond acceptors (Lipinski definition) is 3. The smallest absolute Gasteiger partial charge is 0.123 e. The Morgan fingerprint density at radius 3 is 2.75 bits per heavy atom. The molecule has 1 heterocycles. The molecule has 1 aliphatic carbocycles. The van der Waals surface area contributed by atoms with E-state index >= 15 is 0 Å². The summed E-state index contributed by atoms with van der Waals surface area (Å²) in [5, 5.41) is 10.3. The van der Waals surface area contributed by atoms with Gasteiger partial charge in [-0.2, -0.15) is 0 Å². The molecule has 0 saturated heterocycles. The van der Waals surface area contributed by atoms with Crippen LogP contribution in [0.25, 0.3) is 11.0 Å². The average molecular weight is 439 g/mol.